The Kier molecular flexibility index (Phi) is 6.04. The molecule has 3 aromatic rings. The van der Waals surface area contributed by atoms with Gasteiger partial charge in [-0.3, -0.25) is 4.99 Å². The Hall–Kier alpha value is -3.08. The zero-order chi connectivity index (χ0) is 18.2. The lowest BCUT2D eigenvalue weighted by Gasteiger charge is -2.13. The maximum Gasteiger partial charge on any atom is 0.191 e. The lowest BCUT2D eigenvalue weighted by molar-refractivity contribution is 0.758. The SMILES string of the molecule is CN=C(NCc1ccccc1)NCc1cccc(Cn2ccnc2C)c1. The molecule has 1 aromatic heterocycles. The number of hydrogen-bond donors (Lipinski definition) is 2. The van der Waals surface area contributed by atoms with Crippen molar-refractivity contribution >= 4 is 5.96 Å². The molecule has 26 heavy (non-hydrogen) atoms. The first kappa shape index (κ1) is 17.7. The number of aliphatic imine (C=N–C) groups is 1. The number of rotatable bonds is 6. The molecule has 2 aromatic carbocycles. The highest BCUT2D eigenvalue weighted by Crippen LogP contribution is 2.08. The van der Waals surface area contributed by atoms with Crippen molar-refractivity contribution in [3.05, 3.63) is 89.5 Å². The highest BCUT2D eigenvalue weighted by atomic mass is 15.2. The van der Waals surface area contributed by atoms with E-state index in [1.165, 1.54) is 16.7 Å². The van der Waals surface area contributed by atoms with Gasteiger partial charge in [0, 0.05) is 39.1 Å². The summed E-state index contributed by atoms with van der Waals surface area (Å²) in [4.78, 5) is 8.57. The highest BCUT2D eigenvalue weighted by Gasteiger charge is 2.02. The fraction of sp³-hybridized carbons (Fsp3) is 0.238. The molecule has 134 valence electrons. The summed E-state index contributed by atoms with van der Waals surface area (Å²) >= 11 is 0. The maximum absolute atomic E-state index is 4.30. The van der Waals surface area contributed by atoms with Gasteiger partial charge in [0.1, 0.15) is 5.82 Å². The van der Waals surface area contributed by atoms with Gasteiger partial charge >= 0.3 is 0 Å². The molecule has 0 saturated carbocycles. The standard InChI is InChI=1S/C21H25N5/c1-17-23-11-12-26(17)16-20-10-6-9-19(13-20)15-25-21(22-2)24-14-18-7-4-3-5-8-18/h3-13H,14-16H2,1-2H3,(H2,22,24,25). The number of benzene rings is 2. The van der Waals surface area contributed by atoms with Crippen molar-refractivity contribution in [2.24, 2.45) is 4.99 Å². The molecule has 0 radical (unpaired) electrons. The lowest BCUT2D eigenvalue weighted by Crippen LogP contribution is -2.36. The topological polar surface area (TPSA) is 54.2 Å². The number of guanidine groups is 1. The molecule has 0 amide bonds. The predicted molar refractivity (Wildman–Crippen MR) is 106 cm³/mol. The Bertz CT molecular complexity index is 852. The molecule has 0 fully saturated rings. The van der Waals surface area contributed by atoms with Gasteiger partial charge in [0.2, 0.25) is 0 Å². The molecule has 0 bridgehead atoms. The van der Waals surface area contributed by atoms with E-state index in [0.29, 0.717) is 0 Å². The molecule has 0 saturated heterocycles. The van der Waals surface area contributed by atoms with Crippen LogP contribution in [-0.4, -0.2) is 22.6 Å². The van der Waals surface area contributed by atoms with Crippen LogP contribution in [0.4, 0.5) is 0 Å². The zero-order valence-corrected chi connectivity index (χ0v) is 15.3. The van der Waals surface area contributed by atoms with Gasteiger partial charge in [-0.25, -0.2) is 4.98 Å². The van der Waals surface area contributed by atoms with Crippen LogP contribution in [0.1, 0.15) is 22.5 Å². The molecule has 1 heterocycles. The van der Waals surface area contributed by atoms with Gasteiger partial charge in [0.05, 0.1) is 0 Å². The van der Waals surface area contributed by atoms with Gasteiger partial charge in [-0.15, -0.1) is 0 Å². The van der Waals surface area contributed by atoms with E-state index in [2.05, 4.69) is 61.6 Å². The minimum absolute atomic E-state index is 0.727. The second-order valence-electron chi connectivity index (χ2n) is 6.19. The molecule has 5 nitrogen and oxygen atoms in total. The number of aryl methyl sites for hydroxylation is 1. The van der Waals surface area contributed by atoms with E-state index in [4.69, 9.17) is 0 Å². The third-order valence-corrected chi connectivity index (χ3v) is 4.25. The van der Waals surface area contributed by atoms with Crippen LogP contribution in [0.25, 0.3) is 0 Å². The summed E-state index contributed by atoms with van der Waals surface area (Å²) < 4.78 is 2.15. The Balaban J connectivity index is 1.55. The molecular formula is C21H25N5. The average molecular weight is 347 g/mol. The number of imidazole rings is 1. The maximum atomic E-state index is 4.30. The fourth-order valence-corrected chi connectivity index (χ4v) is 2.79. The second-order valence-corrected chi connectivity index (χ2v) is 6.19. The summed E-state index contributed by atoms with van der Waals surface area (Å²) in [5.74, 6) is 1.82. The molecule has 0 spiro atoms. The summed E-state index contributed by atoms with van der Waals surface area (Å²) in [5.41, 5.74) is 3.72. The van der Waals surface area contributed by atoms with Crippen LogP contribution in [0.2, 0.25) is 0 Å². The number of nitrogens with zero attached hydrogens (tertiary/aromatic N) is 3. The van der Waals surface area contributed by atoms with Crippen molar-refractivity contribution in [2.45, 2.75) is 26.6 Å². The molecular weight excluding hydrogens is 322 g/mol. The van der Waals surface area contributed by atoms with Crippen molar-refractivity contribution in [3.63, 3.8) is 0 Å². The first-order valence-electron chi connectivity index (χ1n) is 8.78. The van der Waals surface area contributed by atoms with Gasteiger partial charge in [-0.1, -0.05) is 54.6 Å². The van der Waals surface area contributed by atoms with Gasteiger partial charge in [0.25, 0.3) is 0 Å². The van der Waals surface area contributed by atoms with Crippen LogP contribution >= 0.6 is 0 Å². The third kappa shape index (κ3) is 4.96. The minimum atomic E-state index is 0.727. The van der Waals surface area contributed by atoms with Crippen molar-refractivity contribution in [3.8, 4) is 0 Å². The van der Waals surface area contributed by atoms with E-state index in [1.807, 2.05) is 37.5 Å². The molecule has 0 unspecified atom stereocenters. The van der Waals surface area contributed by atoms with E-state index in [-0.39, 0.29) is 0 Å². The van der Waals surface area contributed by atoms with Crippen LogP contribution in [0.3, 0.4) is 0 Å². The van der Waals surface area contributed by atoms with Crippen LogP contribution in [-0.2, 0) is 19.6 Å². The minimum Gasteiger partial charge on any atom is -0.352 e. The average Bonchev–Trinajstić information content (AvgIpc) is 3.08. The number of hydrogen-bond acceptors (Lipinski definition) is 2. The fourth-order valence-electron chi connectivity index (χ4n) is 2.79. The summed E-state index contributed by atoms with van der Waals surface area (Å²) in [5, 5.41) is 6.71. The van der Waals surface area contributed by atoms with Crippen molar-refractivity contribution < 1.29 is 0 Å². The zero-order valence-electron chi connectivity index (χ0n) is 15.3. The van der Waals surface area contributed by atoms with E-state index < -0.39 is 0 Å². The molecule has 0 aliphatic rings. The Morgan fingerprint density at radius 1 is 0.962 bits per heavy atom. The smallest absolute Gasteiger partial charge is 0.191 e. The summed E-state index contributed by atoms with van der Waals surface area (Å²) in [6.45, 7) is 4.33. The second kappa shape index (κ2) is 8.85. The molecule has 5 heteroatoms. The van der Waals surface area contributed by atoms with Crippen LogP contribution in [0.15, 0.2) is 72.0 Å². The van der Waals surface area contributed by atoms with E-state index in [9.17, 15) is 0 Å². The van der Waals surface area contributed by atoms with Gasteiger partial charge in [0.15, 0.2) is 5.96 Å². The molecule has 0 aliphatic heterocycles. The molecule has 3 rings (SSSR count). The highest BCUT2D eigenvalue weighted by molar-refractivity contribution is 5.79. The number of aromatic nitrogens is 2. The van der Waals surface area contributed by atoms with E-state index in [0.717, 1.165) is 31.4 Å². The largest absolute Gasteiger partial charge is 0.352 e. The van der Waals surface area contributed by atoms with Crippen molar-refractivity contribution in [2.75, 3.05) is 7.05 Å². The van der Waals surface area contributed by atoms with Crippen LogP contribution in [0.5, 0.6) is 0 Å². The molecule has 2 N–H and O–H groups in total. The van der Waals surface area contributed by atoms with Gasteiger partial charge < -0.3 is 15.2 Å². The molecule has 0 aliphatic carbocycles. The number of nitrogens with one attached hydrogen (secondary N) is 2. The predicted octanol–water partition coefficient (Wildman–Crippen LogP) is 3.11. The third-order valence-electron chi connectivity index (χ3n) is 4.25. The molecule has 0 atom stereocenters. The van der Waals surface area contributed by atoms with E-state index in [1.54, 1.807) is 7.05 Å². The van der Waals surface area contributed by atoms with Gasteiger partial charge in [-0.2, -0.15) is 0 Å². The van der Waals surface area contributed by atoms with Crippen molar-refractivity contribution in [1.29, 1.82) is 0 Å². The summed E-state index contributed by atoms with van der Waals surface area (Å²) in [6, 6.07) is 18.9. The Morgan fingerprint density at radius 3 is 2.35 bits per heavy atom. The van der Waals surface area contributed by atoms with Gasteiger partial charge in [-0.05, 0) is 23.6 Å². The van der Waals surface area contributed by atoms with E-state index >= 15 is 0 Å². The normalized spacial score (nSPS) is 11.4. The lowest BCUT2D eigenvalue weighted by atomic mass is 10.1. The monoisotopic (exact) mass is 347 g/mol. The quantitative estimate of drug-likeness (QED) is 0.532. The first-order chi connectivity index (χ1) is 12.7. The van der Waals surface area contributed by atoms with Crippen molar-refractivity contribution in [1.82, 2.24) is 20.2 Å². The summed E-state index contributed by atoms with van der Waals surface area (Å²) in [7, 11) is 1.79. The van der Waals surface area contributed by atoms with Crippen LogP contribution in [0, 0.1) is 6.92 Å². The van der Waals surface area contributed by atoms with Crippen LogP contribution < -0.4 is 10.6 Å². The summed E-state index contributed by atoms with van der Waals surface area (Å²) in [6.07, 6.45) is 3.85. The Morgan fingerprint density at radius 2 is 1.65 bits per heavy atom. The first-order valence-corrected chi connectivity index (χ1v) is 8.78. The Labute approximate surface area is 154 Å².